The van der Waals surface area contributed by atoms with Gasteiger partial charge in [-0.15, -0.1) is 0 Å². The van der Waals surface area contributed by atoms with E-state index in [1.54, 1.807) is 12.1 Å². The van der Waals surface area contributed by atoms with Crippen LogP contribution < -0.4 is 5.32 Å². The highest BCUT2D eigenvalue weighted by atomic mass is 35.5. The number of carbonyl (C=O) groups is 1. The molecule has 1 heterocycles. The summed E-state index contributed by atoms with van der Waals surface area (Å²) in [4.78, 5) is 11.8. The predicted molar refractivity (Wildman–Crippen MR) is 71.8 cm³/mol. The maximum absolute atomic E-state index is 11.8. The summed E-state index contributed by atoms with van der Waals surface area (Å²) < 4.78 is 0. The standard InChI is InChI=1S/C13H14ClN3O/c1-8-9(2)16-17-13(8)15-12(18)7-10-3-5-11(14)6-4-10/h3-6H,7H2,1-2H3,(H2,15,16,17,18). The first-order chi connectivity index (χ1) is 8.56. The van der Waals surface area contributed by atoms with E-state index in [-0.39, 0.29) is 5.91 Å². The van der Waals surface area contributed by atoms with Gasteiger partial charge < -0.3 is 5.32 Å². The summed E-state index contributed by atoms with van der Waals surface area (Å²) in [6, 6.07) is 7.22. The van der Waals surface area contributed by atoms with Gasteiger partial charge in [-0.3, -0.25) is 9.89 Å². The first-order valence-corrected chi connectivity index (χ1v) is 6.00. The lowest BCUT2D eigenvalue weighted by Crippen LogP contribution is -2.15. The van der Waals surface area contributed by atoms with Gasteiger partial charge >= 0.3 is 0 Å². The van der Waals surface area contributed by atoms with Gasteiger partial charge in [0.1, 0.15) is 0 Å². The van der Waals surface area contributed by atoms with Crippen LogP contribution in [0.15, 0.2) is 24.3 Å². The molecule has 0 saturated heterocycles. The molecule has 0 bridgehead atoms. The highest BCUT2D eigenvalue weighted by molar-refractivity contribution is 6.30. The van der Waals surface area contributed by atoms with Crippen molar-refractivity contribution < 1.29 is 4.79 Å². The molecule has 4 nitrogen and oxygen atoms in total. The number of hydrogen-bond donors (Lipinski definition) is 2. The molecule has 0 unspecified atom stereocenters. The summed E-state index contributed by atoms with van der Waals surface area (Å²) in [5.74, 6) is 0.499. The Morgan fingerprint density at radius 3 is 2.56 bits per heavy atom. The van der Waals surface area contributed by atoms with Crippen LogP contribution in [-0.4, -0.2) is 16.1 Å². The quantitative estimate of drug-likeness (QED) is 0.895. The summed E-state index contributed by atoms with van der Waals surface area (Å²) in [6.45, 7) is 3.83. The Morgan fingerprint density at radius 1 is 1.33 bits per heavy atom. The number of rotatable bonds is 3. The van der Waals surface area contributed by atoms with Gasteiger partial charge in [0.15, 0.2) is 5.82 Å². The number of aromatic amines is 1. The van der Waals surface area contributed by atoms with Gasteiger partial charge in [0.05, 0.1) is 6.42 Å². The smallest absolute Gasteiger partial charge is 0.230 e. The maximum atomic E-state index is 11.8. The average molecular weight is 264 g/mol. The van der Waals surface area contributed by atoms with E-state index in [1.807, 2.05) is 26.0 Å². The number of nitrogens with zero attached hydrogens (tertiary/aromatic N) is 1. The molecule has 0 fully saturated rings. The second-order valence-electron chi connectivity index (χ2n) is 4.17. The van der Waals surface area contributed by atoms with Crippen molar-refractivity contribution in [2.24, 2.45) is 0 Å². The third-order valence-electron chi connectivity index (χ3n) is 2.79. The first-order valence-electron chi connectivity index (χ1n) is 5.62. The molecule has 0 atom stereocenters. The van der Waals surface area contributed by atoms with Crippen molar-refractivity contribution in [2.45, 2.75) is 20.3 Å². The molecule has 2 rings (SSSR count). The van der Waals surface area contributed by atoms with Crippen molar-refractivity contribution >= 4 is 23.3 Å². The Bertz CT molecular complexity index is 560. The van der Waals surface area contributed by atoms with Crippen molar-refractivity contribution in [3.8, 4) is 0 Å². The Hall–Kier alpha value is -1.81. The lowest BCUT2D eigenvalue weighted by molar-refractivity contribution is -0.115. The van der Waals surface area contributed by atoms with Crippen LogP contribution >= 0.6 is 11.6 Å². The molecular weight excluding hydrogens is 250 g/mol. The molecule has 0 aliphatic heterocycles. The zero-order valence-electron chi connectivity index (χ0n) is 10.2. The van der Waals surface area contributed by atoms with E-state index >= 15 is 0 Å². The van der Waals surface area contributed by atoms with Crippen LogP contribution in [0, 0.1) is 13.8 Å². The Kier molecular flexibility index (Phi) is 3.67. The highest BCUT2D eigenvalue weighted by Crippen LogP contribution is 2.15. The molecule has 18 heavy (non-hydrogen) atoms. The minimum absolute atomic E-state index is 0.0908. The fourth-order valence-corrected chi connectivity index (χ4v) is 1.70. The summed E-state index contributed by atoms with van der Waals surface area (Å²) in [7, 11) is 0. The van der Waals surface area contributed by atoms with Crippen LogP contribution in [0.4, 0.5) is 5.82 Å². The Balaban J connectivity index is 2.01. The largest absolute Gasteiger partial charge is 0.309 e. The molecule has 0 aliphatic carbocycles. The molecule has 1 aromatic carbocycles. The lowest BCUT2D eigenvalue weighted by atomic mass is 10.1. The van der Waals surface area contributed by atoms with Crippen LogP contribution in [0.5, 0.6) is 0 Å². The molecule has 0 radical (unpaired) electrons. The lowest BCUT2D eigenvalue weighted by Gasteiger charge is -2.03. The molecule has 0 saturated carbocycles. The third kappa shape index (κ3) is 2.90. The fraction of sp³-hybridized carbons (Fsp3) is 0.231. The van der Waals surface area contributed by atoms with Crippen molar-refractivity contribution in [3.05, 3.63) is 46.1 Å². The number of carbonyl (C=O) groups excluding carboxylic acids is 1. The van der Waals surface area contributed by atoms with E-state index in [2.05, 4.69) is 15.5 Å². The van der Waals surface area contributed by atoms with Crippen LogP contribution in [0.1, 0.15) is 16.8 Å². The number of aromatic nitrogens is 2. The number of nitrogens with one attached hydrogen (secondary N) is 2. The SMILES string of the molecule is Cc1[nH]nc(NC(=O)Cc2ccc(Cl)cc2)c1C. The number of aryl methyl sites for hydroxylation is 1. The molecule has 0 aliphatic rings. The summed E-state index contributed by atoms with van der Waals surface area (Å²) in [5, 5.41) is 10.3. The minimum atomic E-state index is -0.0908. The molecule has 1 aromatic heterocycles. The van der Waals surface area contributed by atoms with Gasteiger partial charge in [-0.05, 0) is 31.5 Å². The van der Waals surface area contributed by atoms with Crippen molar-refractivity contribution in [2.75, 3.05) is 5.32 Å². The number of hydrogen-bond acceptors (Lipinski definition) is 2. The zero-order valence-corrected chi connectivity index (χ0v) is 11.0. The van der Waals surface area contributed by atoms with Crippen molar-refractivity contribution in [1.29, 1.82) is 0 Å². The predicted octanol–water partition coefficient (Wildman–Crippen LogP) is 2.86. The molecule has 0 spiro atoms. The molecule has 1 amide bonds. The molecule has 94 valence electrons. The Morgan fingerprint density at radius 2 is 2.00 bits per heavy atom. The van der Waals surface area contributed by atoms with Crippen LogP contribution in [0.2, 0.25) is 5.02 Å². The average Bonchev–Trinajstić information content (AvgIpc) is 2.64. The second-order valence-corrected chi connectivity index (χ2v) is 4.61. The number of H-pyrrole nitrogens is 1. The normalized spacial score (nSPS) is 10.4. The van der Waals surface area contributed by atoms with E-state index in [9.17, 15) is 4.79 Å². The first kappa shape index (κ1) is 12.6. The van der Waals surface area contributed by atoms with Crippen molar-refractivity contribution in [1.82, 2.24) is 10.2 Å². The number of amides is 1. The third-order valence-corrected chi connectivity index (χ3v) is 3.04. The van der Waals surface area contributed by atoms with Gasteiger partial charge in [-0.25, -0.2) is 0 Å². The van der Waals surface area contributed by atoms with Crippen LogP contribution in [-0.2, 0) is 11.2 Å². The second kappa shape index (κ2) is 5.23. The molecule has 2 aromatic rings. The van der Waals surface area contributed by atoms with Crippen molar-refractivity contribution in [3.63, 3.8) is 0 Å². The van der Waals surface area contributed by atoms with E-state index in [0.717, 1.165) is 16.8 Å². The monoisotopic (exact) mass is 263 g/mol. The minimum Gasteiger partial charge on any atom is -0.309 e. The van der Waals surface area contributed by atoms with Gasteiger partial charge in [-0.1, -0.05) is 23.7 Å². The summed E-state index contributed by atoms with van der Waals surface area (Å²) >= 11 is 5.79. The van der Waals surface area contributed by atoms with E-state index in [4.69, 9.17) is 11.6 Å². The van der Waals surface area contributed by atoms with Crippen LogP contribution in [0.3, 0.4) is 0 Å². The van der Waals surface area contributed by atoms with E-state index in [0.29, 0.717) is 17.3 Å². The van der Waals surface area contributed by atoms with Crippen LogP contribution in [0.25, 0.3) is 0 Å². The van der Waals surface area contributed by atoms with Gasteiger partial charge in [0, 0.05) is 16.3 Å². The van der Waals surface area contributed by atoms with Gasteiger partial charge in [0.2, 0.25) is 5.91 Å². The number of anilines is 1. The summed E-state index contributed by atoms with van der Waals surface area (Å²) in [5.41, 5.74) is 2.83. The van der Waals surface area contributed by atoms with Gasteiger partial charge in [-0.2, -0.15) is 5.10 Å². The summed E-state index contributed by atoms with van der Waals surface area (Å²) in [6.07, 6.45) is 0.308. The topological polar surface area (TPSA) is 57.8 Å². The Labute approximate surface area is 110 Å². The number of benzene rings is 1. The molecular formula is C13H14ClN3O. The molecule has 2 N–H and O–H groups in total. The maximum Gasteiger partial charge on any atom is 0.230 e. The highest BCUT2D eigenvalue weighted by Gasteiger charge is 2.09. The van der Waals surface area contributed by atoms with E-state index in [1.165, 1.54) is 0 Å². The van der Waals surface area contributed by atoms with Gasteiger partial charge in [0.25, 0.3) is 0 Å². The molecule has 5 heteroatoms. The number of halogens is 1. The zero-order chi connectivity index (χ0) is 13.1. The fourth-order valence-electron chi connectivity index (χ4n) is 1.57. The van der Waals surface area contributed by atoms with E-state index < -0.39 is 0 Å².